The third-order valence-electron chi connectivity index (χ3n) is 7.15. The molecule has 192 valence electrons. The molecule has 0 unspecified atom stereocenters. The molecule has 3 aromatic rings. The summed E-state index contributed by atoms with van der Waals surface area (Å²) in [4.78, 5) is 4.46. The molecule has 2 aliphatic heterocycles. The van der Waals surface area contributed by atoms with Crippen LogP contribution < -0.4 is 15.1 Å². The van der Waals surface area contributed by atoms with E-state index in [-0.39, 0.29) is 18.2 Å². The molecule has 7 nitrogen and oxygen atoms in total. The lowest BCUT2D eigenvalue weighted by molar-refractivity contribution is -0.138. The lowest BCUT2D eigenvalue weighted by Gasteiger charge is -2.37. The lowest BCUT2D eigenvalue weighted by Crippen LogP contribution is -2.43. The van der Waals surface area contributed by atoms with E-state index in [0.717, 1.165) is 61.2 Å². The molecule has 11 heteroatoms. The van der Waals surface area contributed by atoms with Crippen molar-refractivity contribution in [3.63, 3.8) is 0 Å². The minimum absolute atomic E-state index is 0.0388. The molecule has 0 saturated carbocycles. The van der Waals surface area contributed by atoms with Crippen molar-refractivity contribution in [1.82, 2.24) is 25.3 Å². The second kappa shape index (κ2) is 9.68. The first-order valence-electron chi connectivity index (χ1n) is 12.2. The van der Waals surface area contributed by atoms with Gasteiger partial charge in [0.2, 0.25) is 0 Å². The Bertz CT molecular complexity index is 1230. The fourth-order valence-corrected chi connectivity index (χ4v) is 5.24. The van der Waals surface area contributed by atoms with Gasteiger partial charge >= 0.3 is 6.18 Å². The van der Waals surface area contributed by atoms with Gasteiger partial charge < -0.3 is 15.1 Å². The van der Waals surface area contributed by atoms with Gasteiger partial charge in [0.25, 0.3) is 0 Å². The van der Waals surface area contributed by atoms with Crippen LogP contribution >= 0.6 is 0 Å². The van der Waals surface area contributed by atoms with Crippen LogP contribution in [0.1, 0.15) is 36.0 Å². The second-order valence-electron chi connectivity index (χ2n) is 9.51. The molecule has 0 bridgehead atoms. The zero-order valence-corrected chi connectivity index (χ0v) is 20.3. The molecule has 0 spiro atoms. The van der Waals surface area contributed by atoms with Gasteiger partial charge in [0.15, 0.2) is 5.82 Å². The molecular formula is C25H29F4N7. The highest BCUT2D eigenvalue weighted by molar-refractivity contribution is 5.78. The zero-order chi connectivity index (χ0) is 25.4. The lowest BCUT2D eigenvalue weighted by atomic mass is 9.98. The average Bonchev–Trinajstić information content (AvgIpc) is 3.28. The maximum Gasteiger partial charge on any atom is 0.416 e. The predicted octanol–water partition coefficient (Wildman–Crippen LogP) is 4.18. The minimum atomic E-state index is -4.59. The molecule has 36 heavy (non-hydrogen) atoms. The average molecular weight is 504 g/mol. The van der Waals surface area contributed by atoms with Crippen LogP contribution in [0.5, 0.6) is 0 Å². The van der Waals surface area contributed by atoms with Crippen molar-refractivity contribution in [3.05, 3.63) is 53.0 Å². The van der Waals surface area contributed by atoms with E-state index >= 15 is 0 Å². The van der Waals surface area contributed by atoms with E-state index in [4.69, 9.17) is 0 Å². The number of aryl methyl sites for hydroxylation is 1. The number of fused-ring (bicyclic) bond motifs is 1. The summed E-state index contributed by atoms with van der Waals surface area (Å²) in [6.07, 6.45) is 0.631. The van der Waals surface area contributed by atoms with E-state index in [9.17, 15) is 17.6 Å². The molecule has 0 atom stereocenters. The SMILES string of the molecule is CN1CCCc2c(-c3ccnn3C)nnc(N3CCC(NCc4ccc(F)cc4C(F)(F)F)CC3)c21. The quantitative estimate of drug-likeness (QED) is 0.528. The Morgan fingerprint density at radius 2 is 1.83 bits per heavy atom. The highest BCUT2D eigenvalue weighted by atomic mass is 19.4. The van der Waals surface area contributed by atoms with Crippen LogP contribution in [0.4, 0.5) is 29.1 Å². The van der Waals surface area contributed by atoms with Gasteiger partial charge in [0.05, 0.1) is 16.9 Å². The van der Waals surface area contributed by atoms with Crippen LogP contribution in [0, 0.1) is 5.82 Å². The van der Waals surface area contributed by atoms with Gasteiger partial charge in [-0.15, -0.1) is 10.2 Å². The molecule has 5 rings (SSSR count). The normalized spacial score (nSPS) is 16.9. The molecular weight excluding hydrogens is 474 g/mol. The van der Waals surface area contributed by atoms with Crippen LogP contribution in [0.25, 0.3) is 11.4 Å². The number of hydrogen-bond donors (Lipinski definition) is 1. The first kappa shape index (κ1) is 24.5. The van der Waals surface area contributed by atoms with E-state index in [1.165, 1.54) is 11.6 Å². The molecule has 1 N–H and O–H groups in total. The molecule has 2 aliphatic rings. The topological polar surface area (TPSA) is 62.1 Å². The summed E-state index contributed by atoms with van der Waals surface area (Å²) in [6, 6.07) is 4.85. The van der Waals surface area contributed by atoms with Gasteiger partial charge in [-0.25, -0.2) is 4.39 Å². The third-order valence-corrected chi connectivity index (χ3v) is 7.15. The first-order chi connectivity index (χ1) is 17.2. The van der Waals surface area contributed by atoms with Gasteiger partial charge in [0.1, 0.15) is 11.5 Å². The predicted molar refractivity (Wildman–Crippen MR) is 129 cm³/mol. The summed E-state index contributed by atoms with van der Waals surface area (Å²) < 4.78 is 55.2. The Labute approximate surface area is 207 Å². The second-order valence-corrected chi connectivity index (χ2v) is 9.51. The summed E-state index contributed by atoms with van der Waals surface area (Å²) >= 11 is 0. The number of alkyl halides is 3. The fourth-order valence-electron chi connectivity index (χ4n) is 5.24. The fraction of sp³-hybridized carbons (Fsp3) is 0.480. The maximum atomic E-state index is 13.4. The number of aromatic nitrogens is 4. The Morgan fingerprint density at radius 3 is 2.53 bits per heavy atom. The number of nitrogens with zero attached hydrogens (tertiary/aromatic N) is 6. The van der Waals surface area contributed by atoms with E-state index in [0.29, 0.717) is 19.2 Å². The number of nitrogens with one attached hydrogen (secondary N) is 1. The minimum Gasteiger partial charge on any atom is -0.371 e. The van der Waals surface area contributed by atoms with Gasteiger partial charge in [-0.05, 0) is 49.4 Å². The highest BCUT2D eigenvalue weighted by Crippen LogP contribution is 2.39. The van der Waals surface area contributed by atoms with Crippen molar-refractivity contribution in [2.24, 2.45) is 7.05 Å². The molecule has 1 aromatic carbocycles. The Morgan fingerprint density at radius 1 is 1.06 bits per heavy atom. The summed E-state index contributed by atoms with van der Waals surface area (Å²) in [5, 5.41) is 16.8. The van der Waals surface area contributed by atoms with E-state index < -0.39 is 17.6 Å². The highest BCUT2D eigenvalue weighted by Gasteiger charge is 2.34. The molecule has 4 heterocycles. The van der Waals surface area contributed by atoms with Gasteiger partial charge in [-0.2, -0.15) is 18.3 Å². The Kier molecular flexibility index (Phi) is 6.59. The largest absolute Gasteiger partial charge is 0.416 e. The Hall–Kier alpha value is -3.21. The maximum absolute atomic E-state index is 13.4. The van der Waals surface area contributed by atoms with Crippen LogP contribution in [0.15, 0.2) is 30.5 Å². The van der Waals surface area contributed by atoms with Crippen molar-refractivity contribution in [2.75, 3.05) is 36.5 Å². The number of anilines is 2. The number of benzene rings is 1. The standard InChI is InChI=1S/C25H29F4N7/c1-34-11-3-4-19-22(21-7-10-31-35(21)2)32-33-24(23(19)34)36-12-8-18(9-13-36)30-15-16-5-6-17(26)14-20(16)25(27,28)29/h5-7,10,14,18,30H,3-4,8-9,11-13,15H2,1-2H3. The summed E-state index contributed by atoms with van der Waals surface area (Å²) in [7, 11) is 3.97. The van der Waals surface area contributed by atoms with Crippen LogP contribution in [0.2, 0.25) is 0 Å². The van der Waals surface area contributed by atoms with Crippen LogP contribution in [-0.2, 0) is 26.2 Å². The summed E-state index contributed by atoms with van der Waals surface area (Å²) in [5.41, 5.74) is 3.19. The molecule has 1 saturated heterocycles. The molecule has 2 aromatic heterocycles. The van der Waals surface area contributed by atoms with Gasteiger partial charge in [0, 0.05) is 58.1 Å². The molecule has 1 fully saturated rings. The van der Waals surface area contributed by atoms with Crippen LogP contribution in [0.3, 0.4) is 0 Å². The summed E-state index contributed by atoms with van der Waals surface area (Å²) in [6.45, 7) is 2.41. The number of rotatable bonds is 5. The van der Waals surface area contributed by atoms with Crippen LogP contribution in [-0.4, -0.2) is 52.7 Å². The van der Waals surface area contributed by atoms with E-state index in [1.807, 2.05) is 13.1 Å². The summed E-state index contributed by atoms with van der Waals surface area (Å²) in [5.74, 6) is -0.0299. The van der Waals surface area contributed by atoms with Crippen molar-refractivity contribution < 1.29 is 17.6 Å². The third kappa shape index (κ3) is 4.76. The smallest absolute Gasteiger partial charge is 0.371 e. The first-order valence-corrected chi connectivity index (χ1v) is 12.2. The Balaban J connectivity index is 1.30. The van der Waals surface area contributed by atoms with E-state index in [1.54, 1.807) is 10.9 Å². The van der Waals surface area contributed by atoms with Crippen molar-refractivity contribution >= 4 is 11.5 Å². The van der Waals surface area contributed by atoms with Gasteiger partial charge in [-0.1, -0.05) is 6.07 Å². The zero-order valence-electron chi connectivity index (χ0n) is 20.3. The van der Waals surface area contributed by atoms with Gasteiger partial charge in [-0.3, -0.25) is 4.68 Å². The van der Waals surface area contributed by atoms with Crippen molar-refractivity contribution in [1.29, 1.82) is 0 Å². The van der Waals surface area contributed by atoms with Crippen molar-refractivity contribution in [2.45, 2.75) is 44.4 Å². The monoisotopic (exact) mass is 503 g/mol. The number of halogens is 4. The number of piperidine rings is 1. The molecule has 0 amide bonds. The molecule has 0 radical (unpaired) electrons. The van der Waals surface area contributed by atoms with Crippen molar-refractivity contribution in [3.8, 4) is 11.4 Å². The number of hydrogen-bond acceptors (Lipinski definition) is 6. The molecule has 0 aliphatic carbocycles. The van der Waals surface area contributed by atoms with E-state index in [2.05, 4.69) is 37.5 Å².